The zero-order valence-electron chi connectivity index (χ0n) is 14.0. The van der Waals surface area contributed by atoms with Gasteiger partial charge in [-0.1, -0.05) is 5.16 Å². The summed E-state index contributed by atoms with van der Waals surface area (Å²) in [6.45, 7) is 6.93. The van der Waals surface area contributed by atoms with E-state index in [-0.39, 0.29) is 10.9 Å². The maximum atomic E-state index is 13.1. The van der Waals surface area contributed by atoms with Crippen LogP contribution < -0.4 is 0 Å². The maximum absolute atomic E-state index is 13.1. The SMILES string of the molecule is COCCN1C[C@H]2CC[C@@H]1CN(S(=O)(=O)c1c(C)noc1C)C2. The van der Waals surface area contributed by atoms with E-state index >= 15 is 0 Å². The topological polar surface area (TPSA) is 75.9 Å². The van der Waals surface area contributed by atoms with Gasteiger partial charge in [0.2, 0.25) is 10.0 Å². The van der Waals surface area contributed by atoms with Crippen LogP contribution in [0.2, 0.25) is 0 Å². The van der Waals surface area contributed by atoms with Gasteiger partial charge < -0.3 is 9.26 Å². The Morgan fingerprint density at radius 2 is 2.04 bits per heavy atom. The number of hydrogen-bond donors (Lipinski definition) is 0. The van der Waals surface area contributed by atoms with Crippen molar-refractivity contribution < 1.29 is 17.7 Å². The number of piperidine rings is 1. The fourth-order valence-electron chi connectivity index (χ4n) is 3.79. The molecule has 2 atom stereocenters. The normalized spacial score (nSPS) is 26.6. The largest absolute Gasteiger partial charge is 0.383 e. The van der Waals surface area contributed by atoms with Gasteiger partial charge in [0.05, 0.1) is 6.61 Å². The van der Waals surface area contributed by atoms with E-state index in [1.165, 1.54) is 0 Å². The van der Waals surface area contributed by atoms with Crippen molar-refractivity contribution >= 4 is 10.0 Å². The summed E-state index contributed by atoms with van der Waals surface area (Å²) in [5, 5.41) is 3.80. The predicted octanol–water partition coefficient (Wildman–Crippen LogP) is 1.02. The summed E-state index contributed by atoms with van der Waals surface area (Å²) in [7, 11) is -1.86. The first-order chi connectivity index (χ1) is 10.9. The van der Waals surface area contributed by atoms with Crippen LogP contribution in [0.5, 0.6) is 0 Å². The van der Waals surface area contributed by atoms with Crippen LogP contribution in [0.3, 0.4) is 0 Å². The minimum Gasteiger partial charge on any atom is -0.383 e. The number of aromatic nitrogens is 1. The molecule has 0 saturated carbocycles. The molecule has 7 nitrogen and oxygen atoms in total. The van der Waals surface area contributed by atoms with Crippen molar-refractivity contribution in [3.05, 3.63) is 11.5 Å². The van der Waals surface area contributed by atoms with Crippen molar-refractivity contribution in [1.29, 1.82) is 0 Å². The first-order valence-corrected chi connectivity index (χ1v) is 9.53. The molecular weight excluding hydrogens is 318 g/mol. The smallest absolute Gasteiger partial charge is 0.248 e. The van der Waals surface area contributed by atoms with Gasteiger partial charge in [0.1, 0.15) is 10.6 Å². The third kappa shape index (κ3) is 3.17. The fourth-order valence-corrected chi connectivity index (χ4v) is 5.63. The van der Waals surface area contributed by atoms with E-state index < -0.39 is 10.0 Å². The highest BCUT2D eigenvalue weighted by atomic mass is 32.2. The second-order valence-corrected chi connectivity index (χ2v) is 8.44. The number of sulfonamides is 1. The Balaban J connectivity index is 1.85. The summed E-state index contributed by atoms with van der Waals surface area (Å²) in [6.07, 6.45) is 2.13. The Hall–Kier alpha value is -0.960. The van der Waals surface area contributed by atoms with Crippen LogP contribution in [0.15, 0.2) is 9.42 Å². The molecule has 0 spiro atoms. The second kappa shape index (κ2) is 6.51. The molecule has 4 heterocycles. The summed E-state index contributed by atoms with van der Waals surface area (Å²) in [4.78, 5) is 2.61. The third-order valence-electron chi connectivity index (χ3n) is 4.94. The Labute approximate surface area is 137 Å². The molecular formula is C15H25N3O4S. The lowest BCUT2D eigenvalue weighted by Gasteiger charge is -2.35. The molecule has 3 aliphatic rings. The van der Waals surface area contributed by atoms with E-state index in [9.17, 15) is 8.42 Å². The molecule has 130 valence electrons. The molecule has 0 unspecified atom stereocenters. The van der Waals surface area contributed by atoms with Crippen molar-refractivity contribution in [1.82, 2.24) is 14.4 Å². The highest BCUT2D eigenvalue weighted by Gasteiger charge is 2.40. The van der Waals surface area contributed by atoms with Crippen molar-refractivity contribution in [2.75, 3.05) is 39.9 Å². The predicted molar refractivity (Wildman–Crippen MR) is 84.7 cm³/mol. The Morgan fingerprint density at radius 3 is 2.70 bits per heavy atom. The number of nitrogens with zero attached hydrogens (tertiary/aromatic N) is 3. The molecule has 1 aromatic rings. The summed E-state index contributed by atoms with van der Waals surface area (Å²) >= 11 is 0. The van der Waals surface area contributed by atoms with Crippen molar-refractivity contribution in [3.63, 3.8) is 0 Å². The van der Waals surface area contributed by atoms with Crippen LogP contribution in [0.25, 0.3) is 0 Å². The van der Waals surface area contributed by atoms with Gasteiger partial charge in [-0.25, -0.2) is 8.42 Å². The molecule has 4 rings (SSSR count). The second-order valence-electron chi connectivity index (χ2n) is 6.56. The average Bonchev–Trinajstić information content (AvgIpc) is 2.70. The lowest BCUT2D eigenvalue weighted by molar-refractivity contribution is 0.0881. The minimum atomic E-state index is -3.55. The molecule has 3 fully saturated rings. The zero-order valence-corrected chi connectivity index (χ0v) is 14.8. The van der Waals surface area contributed by atoms with E-state index in [4.69, 9.17) is 9.26 Å². The Morgan fingerprint density at radius 1 is 1.26 bits per heavy atom. The van der Waals surface area contributed by atoms with E-state index in [2.05, 4.69) is 10.1 Å². The van der Waals surface area contributed by atoms with E-state index in [1.54, 1.807) is 25.3 Å². The molecule has 2 bridgehead atoms. The van der Waals surface area contributed by atoms with Gasteiger partial charge in [-0.15, -0.1) is 0 Å². The fraction of sp³-hybridized carbons (Fsp3) is 0.800. The molecule has 8 heteroatoms. The number of rotatable bonds is 5. The molecule has 0 amide bonds. The van der Waals surface area contributed by atoms with Crippen LogP contribution in [-0.2, 0) is 14.8 Å². The maximum Gasteiger partial charge on any atom is 0.248 e. The summed E-state index contributed by atoms with van der Waals surface area (Å²) < 4.78 is 38.0. The zero-order chi connectivity index (χ0) is 16.6. The molecule has 0 aliphatic carbocycles. The standard InChI is InChI=1S/C15H25N3O4S/c1-11-15(12(2)22-16-11)23(19,20)18-9-13-4-5-14(10-18)17(8-13)6-7-21-3/h13-14H,4-10H2,1-3H3/t13-,14-/m1/s1. The Bertz CT molecular complexity index is 638. The van der Waals surface area contributed by atoms with Crippen LogP contribution in [0, 0.1) is 19.8 Å². The van der Waals surface area contributed by atoms with Crippen LogP contribution >= 0.6 is 0 Å². The lowest BCUT2D eigenvalue weighted by atomic mass is 9.95. The van der Waals surface area contributed by atoms with Gasteiger partial charge in [-0.3, -0.25) is 4.90 Å². The molecule has 3 saturated heterocycles. The van der Waals surface area contributed by atoms with Gasteiger partial charge in [-0.05, 0) is 32.6 Å². The summed E-state index contributed by atoms with van der Waals surface area (Å²) in [6, 6.07) is 0.263. The Kier molecular flexibility index (Phi) is 4.78. The number of hydrogen-bond acceptors (Lipinski definition) is 6. The lowest BCUT2D eigenvalue weighted by Crippen LogP contribution is -2.45. The molecule has 1 aromatic heterocycles. The van der Waals surface area contributed by atoms with Gasteiger partial charge in [-0.2, -0.15) is 4.31 Å². The third-order valence-corrected chi connectivity index (χ3v) is 7.02. The van der Waals surface area contributed by atoms with E-state index in [1.807, 2.05) is 0 Å². The highest BCUT2D eigenvalue weighted by Crippen LogP contribution is 2.32. The molecule has 0 N–H and O–H groups in total. The van der Waals surface area contributed by atoms with E-state index in [0.717, 1.165) is 25.9 Å². The van der Waals surface area contributed by atoms with E-state index in [0.29, 0.717) is 37.1 Å². The van der Waals surface area contributed by atoms with Crippen LogP contribution in [-0.4, -0.2) is 68.7 Å². The van der Waals surface area contributed by atoms with Crippen LogP contribution in [0.1, 0.15) is 24.3 Å². The first kappa shape index (κ1) is 16.9. The van der Waals surface area contributed by atoms with Gasteiger partial charge >= 0.3 is 0 Å². The molecule has 23 heavy (non-hydrogen) atoms. The monoisotopic (exact) mass is 343 g/mol. The van der Waals surface area contributed by atoms with Crippen LogP contribution in [0.4, 0.5) is 0 Å². The van der Waals surface area contributed by atoms with Crippen molar-refractivity contribution in [2.45, 2.75) is 37.6 Å². The number of methoxy groups -OCH3 is 1. The van der Waals surface area contributed by atoms with Crippen molar-refractivity contribution in [2.24, 2.45) is 5.92 Å². The van der Waals surface area contributed by atoms with Crippen molar-refractivity contribution in [3.8, 4) is 0 Å². The number of aryl methyl sites for hydroxylation is 2. The minimum absolute atomic E-state index is 0.238. The van der Waals surface area contributed by atoms with Gasteiger partial charge in [0.25, 0.3) is 0 Å². The molecule has 0 aromatic carbocycles. The summed E-state index contributed by atoms with van der Waals surface area (Å²) in [5.74, 6) is 0.746. The number of ether oxygens (including phenoxy) is 1. The molecule has 0 radical (unpaired) electrons. The average molecular weight is 343 g/mol. The highest BCUT2D eigenvalue weighted by molar-refractivity contribution is 7.89. The summed E-state index contributed by atoms with van der Waals surface area (Å²) in [5.41, 5.74) is 0.440. The van der Waals surface area contributed by atoms with Gasteiger partial charge in [0, 0.05) is 39.3 Å². The number of fused-ring (bicyclic) bond motifs is 4. The quantitative estimate of drug-likeness (QED) is 0.795. The molecule has 3 aliphatic heterocycles. The first-order valence-electron chi connectivity index (χ1n) is 8.09. The van der Waals surface area contributed by atoms with Gasteiger partial charge in [0.15, 0.2) is 5.76 Å².